The lowest BCUT2D eigenvalue weighted by atomic mass is 10.1. The molecule has 0 fully saturated rings. The average Bonchev–Trinajstić information content (AvgIpc) is 3.09. The summed E-state index contributed by atoms with van der Waals surface area (Å²) < 4.78 is 16.3. The molecule has 0 spiro atoms. The SMILES string of the molecule is COc1ccc(-c2ccc(C(=O)N[C@H](C)CC(C)C)s2)c(OC)c1OC. The van der Waals surface area contributed by atoms with Crippen LogP contribution in [0.2, 0.25) is 0 Å². The van der Waals surface area contributed by atoms with E-state index in [0.29, 0.717) is 28.0 Å². The second-order valence-corrected chi connectivity index (χ2v) is 7.63. The highest BCUT2D eigenvalue weighted by atomic mass is 32.1. The predicted octanol–water partition coefficient (Wildman–Crippen LogP) is 4.61. The first-order valence-electron chi connectivity index (χ1n) is 8.61. The Hall–Kier alpha value is -2.21. The van der Waals surface area contributed by atoms with Crippen molar-refractivity contribution in [2.24, 2.45) is 5.92 Å². The lowest BCUT2D eigenvalue weighted by molar-refractivity contribution is 0.0940. The Bertz CT molecular complexity index is 754. The largest absolute Gasteiger partial charge is 0.493 e. The van der Waals surface area contributed by atoms with Gasteiger partial charge < -0.3 is 19.5 Å². The van der Waals surface area contributed by atoms with Gasteiger partial charge >= 0.3 is 0 Å². The molecule has 0 unspecified atom stereocenters. The van der Waals surface area contributed by atoms with E-state index in [9.17, 15) is 4.79 Å². The molecule has 1 amide bonds. The van der Waals surface area contributed by atoms with Gasteiger partial charge in [0.1, 0.15) is 0 Å². The van der Waals surface area contributed by atoms with Gasteiger partial charge in [0.25, 0.3) is 5.91 Å². The number of benzene rings is 1. The van der Waals surface area contributed by atoms with Crippen LogP contribution in [0.4, 0.5) is 0 Å². The van der Waals surface area contributed by atoms with Crippen molar-refractivity contribution in [2.75, 3.05) is 21.3 Å². The van der Waals surface area contributed by atoms with Crippen LogP contribution in [0.5, 0.6) is 17.2 Å². The highest BCUT2D eigenvalue weighted by Crippen LogP contribution is 2.45. The molecule has 1 N–H and O–H groups in total. The van der Waals surface area contributed by atoms with E-state index in [2.05, 4.69) is 19.2 Å². The summed E-state index contributed by atoms with van der Waals surface area (Å²) in [5.41, 5.74) is 0.865. The van der Waals surface area contributed by atoms with Gasteiger partial charge in [-0.2, -0.15) is 0 Å². The molecule has 26 heavy (non-hydrogen) atoms. The number of carbonyl (C=O) groups excluding carboxylic acids is 1. The van der Waals surface area contributed by atoms with Gasteiger partial charge in [-0.05, 0) is 43.5 Å². The van der Waals surface area contributed by atoms with Crippen LogP contribution >= 0.6 is 11.3 Å². The molecule has 5 nitrogen and oxygen atoms in total. The average molecular weight is 378 g/mol. The van der Waals surface area contributed by atoms with Gasteiger partial charge in [0.2, 0.25) is 5.75 Å². The highest BCUT2D eigenvalue weighted by Gasteiger charge is 2.20. The van der Waals surface area contributed by atoms with E-state index in [1.165, 1.54) is 11.3 Å². The van der Waals surface area contributed by atoms with Crippen LogP contribution in [0.25, 0.3) is 10.4 Å². The molecule has 0 aliphatic carbocycles. The standard InChI is InChI=1S/C20H27NO4S/c1-12(2)11-13(3)21-20(22)17-10-9-16(26-17)14-7-8-15(23-4)19(25-6)18(14)24-5/h7-10,12-13H,11H2,1-6H3,(H,21,22)/t13-/m1/s1. The topological polar surface area (TPSA) is 56.8 Å². The number of methoxy groups -OCH3 is 3. The molecule has 0 radical (unpaired) electrons. The fourth-order valence-electron chi connectivity index (χ4n) is 2.96. The molecule has 142 valence electrons. The Kier molecular flexibility index (Phi) is 6.91. The molecule has 0 bridgehead atoms. The normalized spacial score (nSPS) is 12.0. The van der Waals surface area contributed by atoms with Crippen LogP contribution in [0, 0.1) is 5.92 Å². The Morgan fingerprint density at radius 2 is 1.69 bits per heavy atom. The fraction of sp³-hybridized carbons (Fsp3) is 0.450. The summed E-state index contributed by atoms with van der Waals surface area (Å²) in [6.45, 7) is 6.33. The van der Waals surface area contributed by atoms with Crippen LogP contribution < -0.4 is 19.5 Å². The van der Waals surface area contributed by atoms with Crippen molar-refractivity contribution in [1.29, 1.82) is 0 Å². The Morgan fingerprint density at radius 1 is 1.00 bits per heavy atom. The lowest BCUT2D eigenvalue weighted by Gasteiger charge is -2.15. The zero-order chi connectivity index (χ0) is 19.3. The summed E-state index contributed by atoms with van der Waals surface area (Å²) in [5, 5.41) is 3.06. The van der Waals surface area contributed by atoms with Gasteiger partial charge in [-0.3, -0.25) is 4.79 Å². The molecular weight excluding hydrogens is 350 g/mol. The summed E-state index contributed by atoms with van der Waals surface area (Å²) in [6, 6.07) is 7.66. The second kappa shape index (κ2) is 8.94. The highest BCUT2D eigenvalue weighted by molar-refractivity contribution is 7.17. The number of hydrogen-bond donors (Lipinski definition) is 1. The van der Waals surface area contributed by atoms with Crippen molar-refractivity contribution in [3.8, 4) is 27.7 Å². The molecule has 6 heteroatoms. The van der Waals surface area contributed by atoms with Crippen LogP contribution in [-0.4, -0.2) is 33.3 Å². The summed E-state index contributed by atoms with van der Waals surface area (Å²) in [7, 11) is 4.76. The maximum absolute atomic E-state index is 12.5. The van der Waals surface area contributed by atoms with Crippen molar-refractivity contribution < 1.29 is 19.0 Å². The van der Waals surface area contributed by atoms with E-state index >= 15 is 0 Å². The van der Waals surface area contributed by atoms with Crippen molar-refractivity contribution >= 4 is 17.2 Å². The van der Waals surface area contributed by atoms with Crippen LogP contribution in [-0.2, 0) is 0 Å². The van der Waals surface area contributed by atoms with Gasteiger partial charge in [0.05, 0.1) is 26.2 Å². The number of hydrogen-bond acceptors (Lipinski definition) is 5. The predicted molar refractivity (Wildman–Crippen MR) is 106 cm³/mol. The fourth-order valence-corrected chi connectivity index (χ4v) is 3.89. The summed E-state index contributed by atoms with van der Waals surface area (Å²) in [5.74, 6) is 2.23. The molecule has 2 aromatic rings. The molecule has 0 aliphatic heterocycles. The Morgan fingerprint density at radius 3 is 2.27 bits per heavy atom. The number of nitrogens with one attached hydrogen (secondary N) is 1. The molecule has 0 aliphatic rings. The number of amides is 1. The molecule has 0 saturated heterocycles. The van der Waals surface area contributed by atoms with E-state index in [1.54, 1.807) is 21.3 Å². The lowest BCUT2D eigenvalue weighted by Crippen LogP contribution is -2.32. The third-order valence-corrected chi connectivity index (χ3v) is 5.12. The van der Waals surface area contributed by atoms with Crippen LogP contribution in [0.3, 0.4) is 0 Å². The van der Waals surface area contributed by atoms with Crippen molar-refractivity contribution in [3.63, 3.8) is 0 Å². The maximum Gasteiger partial charge on any atom is 0.261 e. The van der Waals surface area contributed by atoms with E-state index in [1.807, 2.05) is 31.2 Å². The molecule has 2 rings (SSSR count). The first-order chi connectivity index (χ1) is 12.4. The quantitative estimate of drug-likeness (QED) is 0.730. The van der Waals surface area contributed by atoms with Crippen molar-refractivity contribution in [1.82, 2.24) is 5.32 Å². The Labute approximate surface area is 159 Å². The van der Waals surface area contributed by atoms with E-state index in [4.69, 9.17) is 14.2 Å². The van der Waals surface area contributed by atoms with Crippen LogP contribution in [0.15, 0.2) is 24.3 Å². The minimum atomic E-state index is -0.0474. The smallest absolute Gasteiger partial charge is 0.261 e. The van der Waals surface area contributed by atoms with Gasteiger partial charge in [-0.15, -0.1) is 11.3 Å². The van der Waals surface area contributed by atoms with E-state index < -0.39 is 0 Å². The first-order valence-corrected chi connectivity index (χ1v) is 9.42. The monoisotopic (exact) mass is 377 g/mol. The molecule has 1 aromatic heterocycles. The molecule has 1 heterocycles. The minimum Gasteiger partial charge on any atom is -0.493 e. The van der Waals surface area contributed by atoms with Crippen molar-refractivity contribution in [3.05, 3.63) is 29.1 Å². The number of carbonyl (C=O) groups is 1. The van der Waals surface area contributed by atoms with Gasteiger partial charge in [0, 0.05) is 16.5 Å². The summed E-state index contributed by atoms with van der Waals surface area (Å²) >= 11 is 1.43. The zero-order valence-electron chi connectivity index (χ0n) is 16.2. The van der Waals surface area contributed by atoms with E-state index in [-0.39, 0.29) is 11.9 Å². The van der Waals surface area contributed by atoms with Crippen molar-refractivity contribution in [2.45, 2.75) is 33.2 Å². The number of ether oxygens (including phenoxy) is 3. The molecule has 1 atom stereocenters. The summed E-state index contributed by atoms with van der Waals surface area (Å²) in [6.07, 6.45) is 0.952. The van der Waals surface area contributed by atoms with Gasteiger partial charge in [-0.1, -0.05) is 13.8 Å². The number of rotatable bonds is 8. The first kappa shape index (κ1) is 20.1. The third kappa shape index (κ3) is 4.49. The molecular formula is C20H27NO4S. The number of thiophene rings is 1. The zero-order valence-corrected chi connectivity index (χ0v) is 17.0. The molecule has 1 aromatic carbocycles. The maximum atomic E-state index is 12.5. The van der Waals surface area contributed by atoms with Gasteiger partial charge in [0.15, 0.2) is 11.5 Å². The summed E-state index contributed by atoms with van der Waals surface area (Å²) in [4.78, 5) is 14.1. The Balaban J connectivity index is 2.28. The van der Waals surface area contributed by atoms with Gasteiger partial charge in [-0.25, -0.2) is 0 Å². The van der Waals surface area contributed by atoms with E-state index in [0.717, 1.165) is 16.9 Å². The molecule has 0 saturated carbocycles. The van der Waals surface area contributed by atoms with Crippen LogP contribution in [0.1, 0.15) is 36.9 Å². The second-order valence-electron chi connectivity index (χ2n) is 6.55. The third-order valence-electron chi connectivity index (χ3n) is 4.00. The minimum absolute atomic E-state index is 0.0474.